The quantitative estimate of drug-likeness (QED) is 0.297. The molecule has 3 heterocycles. The van der Waals surface area contributed by atoms with Gasteiger partial charge in [0, 0.05) is 24.8 Å². The van der Waals surface area contributed by atoms with E-state index in [-0.39, 0.29) is 17.8 Å². The van der Waals surface area contributed by atoms with Crippen molar-refractivity contribution in [1.82, 2.24) is 19.7 Å². The van der Waals surface area contributed by atoms with Crippen molar-refractivity contribution in [2.45, 2.75) is 13.3 Å². The predicted molar refractivity (Wildman–Crippen MR) is 135 cm³/mol. The Labute approximate surface area is 211 Å². The summed E-state index contributed by atoms with van der Waals surface area (Å²) >= 11 is 0. The number of nitrogens with zero attached hydrogens (tertiary/aromatic N) is 4. The minimum atomic E-state index is -0.559. The van der Waals surface area contributed by atoms with Gasteiger partial charge in [0.05, 0.1) is 35.8 Å². The second kappa shape index (κ2) is 9.98. The van der Waals surface area contributed by atoms with Crippen molar-refractivity contribution in [3.63, 3.8) is 0 Å². The summed E-state index contributed by atoms with van der Waals surface area (Å²) in [6, 6.07) is 17.3. The molecule has 0 unspecified atom stereocenters. The van der Waals surface area contributed by atoms with Crippen LogP contribution in [-0.2, 0) is 6.42 Å². The molecule has 5 aromatic rings. The number of carbonyl (C=O) groups excluding carboxylic acids is 1. The zero-order valence-electron chi connectivity index (χ0n) is 20.0. The smallest absolute Gasteiger partial charge is 0.282 e. The molecule has 0 saturated carbocycles. The highest BCUT2D eigenvalue weighted by atomic mass is 19.1. The summed E-state index contributed by atoms with van der Waals surface area (Å²) in [7, 11) is 1.56. The molecule has 0 aliphatic rings. The molecule has 0 fully saturated rings. The van der Waals surface area contributed by atoms with Crippen molar-refractivity contribution in [3.05, 3.63) is 112 Å². The van der Waals surface area contributed by atoms with Crippen LogP contribution in [0.1, 0.15) is 21.6 Å². The van der Waals surface area contributed by atoms with E-state index < -0.39 is 11.4 Å². The summed E-state index contributed by atoms with van der Waals surface area (Å²) in [5.41, 5.74) is 2.26. The molecular formula is C28H21FN4O4. The van der Waals surface area contributed by atoms with E-state index in [1.807, 2.05) is 0 Å². The number of hydrogen-bond acceptors (Lipinski definition) is 7. The fourth-order valence-corrected chi connectivity index (χ4v) is 3.84. The predicted octanol–water partition coefficient (Wildman–Crippen LogP) is 4.85. The van der Waals surface area contributed by atoms with Gasteiger partial charge in [-0.25, -0.2) is 9.37 Å². The van der Waals surface area contributed by atoms with Crippen LogP contribution in [-0.4, -0.2) is 32.6 Å². The molecule has 0 atom stereocenters. The highest BCUT2D eigenvalue weighted by Crippen LogP contribution is 2.29. The average Bonchev–Trinajstić information content (AvgIpc) is 2.91. The molecule has 9 heteroatoms. The summed E-state index contributed by atoms with van der Waals surface area (Å²) < 4.78 is 25.6. The number of fused-ring (bicyclic) bond motifs is 1. The number of ketones is 1. The lowest BCUT2D eigenvalue weighted by molar-refractivity contribution is 0.0990. The highest BCUT2D eigenvalue weighted by Gasteiger charge is 2.16. The lowest BCUT2D eigenvalue weighted by atomic mass is 10.0. The van der Waals surface area contributed by atoms with E-state index in [9.17, 15) is 14.0 Å². The van der Waals surface area contributed by atoms with Crippen molar-refractivity contribution >= 4 is 16.8 Å². The Bertz CT molecular complexity index is 1670. The summed E-state index contributed by atoms with van der Waals surface area (Å²) in [6.45, 7) is 1.69. The Morgan fingerprint density at radius 3 is 2.46 bits per heavy atom. The Morgan fingerprint density at radius 1 is 0.973 bits per heavy atom. The Hall–Kier alpha value is -4.92. The number of benzene rings is 2. The second-order valence-electron chi connectivity index (χ2n) is 8.29. The summed E-state index contributed by atoms with van der Waals surface area (Å²) in [5, 5.41) is 4.20. The number of aromatic nitrogens is 4. The molecule has 0 aliphatic carbocycles. The largest absolute Gasteiger partial charge is 0.495 e. The lowest BCUT2D eigenvalue weighted by Gasteiger charge is -2.10. The zero-order valence-corrected chi connectivity index (χ0v) is 20.0. The molecule has 0 saturated heterocycles. The number of aryl methyl sites for hydroxylation is 1. The number of pyridine rings is 2. The van der Waals surface area contributed by atoms with E-state index in [1.54, 1.807) is 62.8 Å². The van der Waals surface area contributed by atoms with Crippen molar-refractivity contribution < 1.29 is 18.7 Å². The number of methoxy groups -OCH3 is 1. The van der Waals surface area contributed by atoms with Crippen LogP contribution in [0.25, 0.3) is 16.7 Å². The SMILES string of the molecule is COc1cnc2c(Oc3ccc(CC(=O)c4cc(C)nn(-c5ccc(F)cc5)c4=O)cc3)ccnc2c1. The molecule has 37 heavy (non-hydrogen) atoms. The number of ether oxygens (including phenoxy) is 2. The van der Waals surface area contributed by atoms with E-state index in [0.717, 1.165) is 4.68 Å². The molecule has 0 aliphatic heterocycles. The normalized spacial score (nSPS) is 10.9. The van der Waals surface area contributed by atoms with Gasteiger partial charge in [-0.3, -0.25) is 14.6 Å². The van der Waals surface area contributed by atoms with Gasteiger partial charge in [-0.2, -0.15) is 9.78 Å². The summed E-state index contributed by atoms with van der Waals surface area (Å²) in [5.74, 6) is 0.907. The van der Waals surface area contributed by atoms with Crippen LogP contribution in [0.4, 0.5) is 4.39 Å². The van der Waals surface area contributed by atoms with Crippen molar-refractivity contribution in [3.8, 4) is 22.9 Å². The molecule has 0 radical (unpaired) electrons. The molecule has 3 aromatic heterocycles. The molecule has 0 amide bonds. The Morgan fingerprint density at radius 2 is 1.73 bits per heavy atom. The molecule has 8 nitrogen and oxygen atoms in total. The first kappa shape index (κ1) is 23.8. The van der Waals surface area contributed by atoms with Gasteiger partial charge in [0.15, 0.2) is 11.5 Å². The molecule has 5 rings (SSSR count). The van der Waals surface area contributed by atoms with E-state index in [4.69, 9.17) is 9.47 Å². The van der Waals surface area contributed by atoms with Crippen LogP contribution < -0.4 is 15.0 Å². The second-order valence-corrected chi connectivity index (χ2v) is 8.29. The van der Waals surface area contributed by atoms with Crippen molar-refractivity contribution in [1.29, 1.82) is 0 Å². The maximum Gasteiger partial charge on any atom is 0.282 e. The van der Waals surface area contributed by atoms with Crippen LogP contribution in [0.2, 0.25) is 0 Å². The number of hydrogen-bond donors (Lipinski definition) is 0. The fourth-order valence-electron chi connectivity index (χ4n) is 3.84. The molecule has 0 spiro atoms. The Kier molecular flexibility index (Phi) is 6.42. The van der Waals surface area contributed by atoms with Gasteiger partial charge in [0.25, 0.3) is 5.56 Å². The molecule has 184 valence electrons. The molecule has 2 aromatic carbocycles. The third-order valence-corrected chi connectivity index (χ3v) is 5.67. The first-order valence-electron chi connectivity index (χ1n) is 11.4. The maximum atomic E-state index is 13.3. The van der Waals surface area contributed by atoms with Gasteiger partial charge in [0.2, 0.25) is 0 Å². The van der Waals surface area contributed by atoms with E-state index in [2.05, 4.69) is 15.1 Å². The van der Waals surface area contributed by atoms with E-state index >= 15 is 0 Å². The first-order valence-corrected chi connectivity index (χ1v) is 11.4. The molecular weight excluding hydrogens is 475 g/mol. The average molecular weight is 496 g/mol. The van der Waals surface area contributed by atoms with Gasteiger partial charge in [0.1, 0.15) is 22.8 Å². The fraction of sp³-hybridized carbons (Fsp3) is 0.107. The Balaban J connectivity index is 1.35. The minimum absolute atomic E-state index is 0.0157. The monoisotopic (exact) mass is 496 g/mol. The van der Waals surface area contributed by atoms with Crippen LogP contribution >= 0.6 is 0 Å². The minimum Gasteiger partial charge on any atom is -0.495 e. The number of carbonyl (C=O) groups is 1. The van der Waals surface area contributed by atoms with Crippen LogP contribution in [0.3, 0.4) is 0 Å². The number of rotatable bonds is 7. The highest BCUT2D eigenvalue weighted by molar-refractivity contribution is 5.97. The van der Waals surface area contributed by atoms with Crippen molar-refractivity contribution in [2.24, 2.45) is 0 Å². The van der Waals surface area contributed by atoms with Gasteiger partial charge in [-0.15, -0.1) is 0 Å². The first-order chi connectivity index (χ1) is 17.9. The maximum absolute atomic E-state index is 13.3. The van der Waals surface area contributed by atoms with Crippen LogP contribution in [0.5, 0.6) is 17.2 Å². The van der Waals surface area contributed by atoms with Gasteiger partial charge in [-0.1, -0.05) is 12.1 Å². The van der Waals surface area contributed by atoms with Crippen LogP contribution in [0, 0.1) is 12.7 Å². The summed E-state index contributed by atoms with van der Waals surface area (Å²) in [6.07, 6.45) is 3.24. The van der Waals surface area contributed by atoms with E-state index in [0.29, 0.717) is 45.2 Å². The van der Waals surface area contributed by atoms with E-state index in [1.165, 1.54) is 30.3 Å². The standard InChI is InChI=1S/C28H21FN4O4/c1-17-13-23(28(35)33(32-17)20-7-5-19(29)6-8-20)25(34)14-18-3-9-21(10-4-18)37-26-11-12-30-24-15-22(36-2)16-31-27(24)26/h3-13,15-16H,14H2,1-2H3. The topological polar surface area (TPSA) is 96.2 Å². The third-order valence-electron chi connectivity index (χ3n) is 5.67. The number of Topliss-reactive ketones (excluding diaryl/α,β-unsaturated/α-hetero) is 1. The number of halogens is 1. The van der Waals surface area contributed by atoms with Gasteiger partial charge >= 0.3 is 0 Å². The lowest BCUT2D eigenvalue weighted by Crippen LogP contribution is -2.28. The molecule has 0 bridgehead atoms. The van der Waals surface area contributed by atoms with Gasteiger partial charge < -0.3 is 9.47 Å². The van der Waals surface area contributed by atoms with Gasteiger partial charge in [-0.05, 0) is 55.0 Å². The van der Waals surface area contributed by atoms with Crippen LogP contribution in [0.15, 0.2) is 83.9 Å². The van der Waals surface area contributed by atoms with Crippen molar-refractivity contribution in [2.75, 3.05) is 7.11 Å². The third kappa shape index (κ3) is 5.06. The zero-order chi connectivity index (χ0) is 25.9. The molecule has 0 N–H and O–H groups in total. The summed E-state index contributed by atoms with van der Waals surface area (Å²) in [4.78, 5) is 34.7.